The Hall–Kier alpha value is -2.83. The highest BCUT2D eigenvalue weighted by atomic mass is 35.5. The van der Waals surface area contributed by atoms with E-state index in [1.807, 2.05) is 24.4 Å². The summed E-state index contributed by atoms with van der Waals surface area (Å²) in [7, 11) is 0. The first kappa shape index (κ1) is 18.2. The van der Waals surface area contributed by atoms with Crippen LogP contribution in [0, 0.1) is 5.82 Å². The maximum Gasteiger partial charge on any atom is 0.161 e. The van der Waals surface area contributed by atoms with Gasteiger partial charge in [0, 0.05) is 27.7 Å². The number of H-pyrrole nitrogens is 1. The van der Waals surface area contributed by atoms with E-state index in [9.17, 15) is 4.39 Å². The minimum absolute atomic E-state index is 0.272. The number of halogens is 2. The highest BCUT2D eigenvalue weighted by molar-refractivity contribution is 7.16. The second kappa shape index (κ2) is 7.54. The quantitative estimate of drug-likeness (QED) is 0.366. The summed E-state index contributed by atoms with van der Waals surface area (Å²) in [4.78, 5) is 18.0. The summed E-state index contributed by atoms with van der Waals surface area (Å²) in [5, 5.41) is 1.90. The van der Waals surface area contributed by atoms with Crippen molar-refractivity contribution in [2.75, 3.05) is 0 Å². The van der Waals surface area contributed by atoms with Crippen LogP contribution in [0.4, 0.5) is 4.39 Å². The summed E-state index contributed by atoms with van der Waals surface area (Å²) in [6, 6.07) is 12.2. The number of aromatic amines is 1. The lowest BCUT2D eigenvalue weighted by atomic mass is 10.1. The molecule has 0 aliphatic rings. The van der Waals surface area contributed by atoms with E-state index in [4.69, 9.17) is 16.6 Å². The Bertz CT molecular complexity index is 1310. The van der Waals surface area contributed by atoms with Crippen molar-refractivity contribution in [3.8, 4) is 11.4 Å². The molecular weight excluding hydrogens is 407 g/mol. The van der Waals surface area contributed by atoms with Gasteiger partial charge >= 0.3 is 0 Å². The van der Waals surface area contributed by atoms with Gasteiger partial charge in [0.25, 0.3) is 0 Å². The highest BCUT2D eigenvalue weighted by Gasteiger charge is 2.13. The molecule has 3 aromatic heterocycles. The summed E-state index contributed by atoms with van der Waals surface area (Å²) in [6.45, 7) is 0. The molecule has 0 spiro atoms. The fourth-order valence-electron chi connectivity index (χ4n) is 3.53. The number of benzene rings is 2. The van der Waals surface area contributed by atoms with Gasteiger partial charge in [-0.1, -0.05) is 11.6 Å². The number of rotatable bonds is 5. The van der Waals surface area contributed by atoms with Gasteiger partial charge < -0.3 is 4.98 Å². The smallest absolute Gasteiger partial charge is 0.161 e. The number of hydrogen-bond donors (Lipinski definition) is 1. The van der Waals surface area contributed by atoms with Crippen molar-refractivity contribution in [3.05, 3.63) is 76.3 Å². The van der Waals surface area contributed by atoms with Gasteiger partial charge in [0.15, 0.2) is 5.82 Å². The van der Waals surface area contributed by atoms with Gasteiger partial charge in [-0.05, 0) is 67.3 Å². The molecule has 3 heterocycles. The molecule has 144 valence electrons. The number of aryl methyl sites for hydroxylation is 2. The second-order valence-electron chi connectivity index (χ2n) is 6.86. The number of fused-ring (bicyclic) bond motifs is 2. The second-order valence-corrected chi connectivity index (χ2v) is 8.13. The van der Waals surface area contributed by atoms with Gasteiger partial charge in [-0.3, -0.25) is 0 Å². The number of nitrogens with one attached hydrogen (secondary N) is 1. The summed E-state index contributed by atoms with van der Waals surface area (Å²) in [5.41, 5.74) is 6.70. The molecule has 0 aliphatic carbocycles. The van der Waals surface area contributed by atoms with Crippen molar-refractivity contribution in [2.45, 2.75) is 19.3 Å². The lowest BCUT2D eigenvalue weighted by molar-refractivity contribution is 0.628. The van der Waals surface area contributed by atoms with Crippen LogP contribution in [0.1, 0.15) is 17.7 Å². The van der Waals surface area contributed by atoms with Gasteiger partial charge in [-0.25, -0.2) is 19.3 Å². The first-order chi connectivity index (χ1) is 14.2. The van der Waals surface area contributed by atoms with Crippen LogP contribution in [0.15, 0.2) is 54.2 Å². The van der Waals surface area contributed by atoms with E-state index in [1.54, 1.807) is 17.6 Å². The zero-order valence-corrected chi connectivity index (χ0v) is 16.9. The van der Waals surface area contributed by atoms with Crippen molar-refractivity contribution < 1.29 is 4.39 Å². The normalized spacial score (nSPS) is 11.5. The molecule has 0 amide bonds. The minimum atomic E-state index is -0.272. The lowest BCUT2D eigenvalue weighted by Crippen LogP contribution is -1.99. The Morgan fingerprint density at radius 3 is 2.76 bits per heavy atom. The van der Waals surface area contributed by atoms with E-state index in [0.29, 0.717) is 5.82 Å². The maximum absolute atomic E-state index is 13.3. The van der Waals surface area contributed by atoms with Gasteiger partial charge in [-0.2, -0.15) is 0 Å². The average molecular weight is 423 g/mol. The summed E-state index contributed by atoms with van der Waals surface area (Å²) in [5.74, 6) is 0.335. The van der Waals surface area contributed by atoms with Crippen LogP contribution in [0.3, 0.4) is 0 Å². The monoisotopic (exact) mass is 422 g/mol. The molecule has 2 aromatic carbocycles. The van der Waals surface area contributed by atoms with Crippen LogP contribution in [-0.4, -0.2) is 19.9 Å². The Morgan fingerprint density at radius 1 is 1.03 bits per heavy atom. The topological polar surface area (TPSA) is 54.5 Å². The number of hydrogen-bond acceptors (Lipinski definition) is 4. The fourth-order valence-corrected chi connectivity index (χ4v) is 4.38. The first-order valence-corrected chi connectivity index (χ1v) is 10.5. The van der Waals surface area contributed by atoms with E-state index in [-0.39, 0.29) is 5.82 Å². The standard InChI is InChI=1S/C22H16ClFN4S/c23-15-6-9-18-17(10-15)14(11-25-18)2-1-3-19-20-22(29-12-26-20)28-21(27-19)13-4-7-16(24)8-5-13/h4-12,25H,1-3H2. The molecule has 0 unspecified atom stereocenters. The Morgan fingerprint density at radius 2 is 1.90 bits per heavy atom. The van der Waals surface area contributed by atoms with Gasteiger partial charge in [0.1, 0.15) is 16.2 Å². The van der Waals surface area contributed by atoms with Crippen LogP contribution < -0.4 is 0 Å². The Labute approximate surface area is 175 Å². The van der Waals surface area contributed by atoms with Gasteiger partial charge in [-0.15, -0.1) is 11.3 Å². The largest absolute Gasteiger partial charge is 0.361 e. The van der Waals surface area contributed by atoms with Crippen LogP contribution in [0.2, 0.25) is 5.02 Å². The Balaban J connectivity index is 1.41. The lowest BCUT2D eigenvalue weighted by Gasteiger charge is -2.06. The fraction of sp³-hybridized carbons (Fsp3) is 0.136. The molecule has 1 N–H and O–H groups in total. The summed E-state index contributed by atoms with van der Waals surface area (Å²) in [6.07, 6.45) is 4.65. The van der Waals surface area contributed by atoms with Crippen molar-refractivity contribution in [2.24, 2.45) is 0 Å². The molecule has 0 bridgehead atoms. The summed E-state index contributed by atoms with van der Waals surface area (Å²) >= 11 is 7.65. The SMILES string of the molecule is Fc1ccc(-c2nc(CCCc3c[nH]c4ccc(Cl)cc34)c3ncsc3n2)cc1. The predicted octanol–water partition coefficient (Wildman–Crippen LogP) is 6.20. The van der Waals surface area contributed by atoms with Crippen molar-refractivity contribution in [1.82, 2.24) is 19.9 Å². The van der Waals surface area contributed by atoms with E-state index >= 15 is 0 Å². The van der Waals surface area contributed by atoms with Gasteiger partial charge in [0.05, 0.1) is 11.2 Å². The molecular formula is C22H16ClFN4S. The molecule has 5 rings (SSSR count). The Kier molecular flexibility index (Phi) is 4.73. The van der Waals surface area contributed by atoms with Crippen LogP contribution in [0.25, 0.3) is 32.6 Å². The van der Waals surface area contributed by atoms with E-state index in [1.165, 1.54) is 29.0 Å². The molecule has 7 heteroatoms. The molecule has 0 radical (unpaired) electrons. The van der Waals surface area contributed by atoms with E-state index in [2.05, 4.69) is 15.0 Å². The van der Waals surface area contributed by atoms with Crippen LogP contribution >= 0.6 is 22.9 Å². The number of nitrogens with zero attached hydrogens (tertiary/aromatic N) is 3. The van der Waals surface area contributed by atoms with Crippen molar-refractivity contribution in [3.63, 3.8) is 0 Å². The zero-order valence-electron chi connectivity index (χ0n) is 15.3. The number of aromatic nitrogens is 4. The van der Waals surface area contributed by atoms with E-state index in [0.717, 1.165) is 56.8 Å². The third-order valence-corrected chi connectivity index (χ3v) is 5.92. The molecule has 0 saturated carbocycles. The maximum atomic E-state index is 13.3. The molecule has 0 saturated heterocycles. The predicted molar refractivity (Wildman–Crippen MR) is 116 cm³/mol. The highest BCUT2D eigenvalue weighted by Crippen LogP contribution is 2.26. The van der Waals surface area contributed by atoms with Gasteiger partial charge in [0.2, 0.25) is 0 Å². The van der Waals surface area contributed by atoms with Crippen molar-refractivity contribution in [1.29, 1.82) is 0 Å². The summed E-state index contributed by atoms with van der Waals surface area (Å²) < 4.78 is 13.3. The van der Waals surface area contributed by atoms with Crippen LogP contribution in [-0.2, 0) is 12.8 Å². The van der Waals surface area contributed by atoms with Crippen molar-refractivity contribution >= 4 is 44.2 Å². The average Bonchev–Trinajstić information content (AvgIpc) is 3.35. The molecule has 0 atom stereocenters. The molecule has 0 aliphatic heterocycles. The minimum Gasteiger partial charge on any atom is -0.361 e. The third kappa shape index (κ3) is 3.61. The number of thiazole rings is 1. The molecule has 0 fully saturated rings. The van der Waals surface area contributed by atoms with E-state index < -0.39 is 0 Å². The van der Waals surface area contributed by atoms with Crippen LogP contribution in [0.5, 0.6) is 0 Å². The first-order valence-electron chi connectivity index (χ1n) is 9.29. The molecule has 29 heavy (non-hydrogen) atoms. The third-order valence-electron chi connectivity index (χ3n) is 4.96. The zero-order chi connectivity index (χ0) is 19.8. The molecule has 5 aromatic rings. The molecule has 4 nitrogen and oxygen atoms in total.